The molecule has 3 rings (SSSR count). The number of anilines is 1. The van der Waals surface area contributed by atoms with Crippen molar-refractivity contribution >= 4 is 39.9 Å². The number of hydrogen-bond acceptors (Lipinski definition) is 4. The van der Waals surface area contributed by atoms with Crippen molar-refractivity contribution in [3.63, 3.8) is 0 Å². The van der Waals surface area contributed by atoms with E-state index < -0.39 is 0 Å². The second-order valence-corrected chi connectivity index (χ2v) is 9.88. The third kappa shape index (κ3) is 4.73. The molecule has 7 heteroatoms. The van der Waals surface area contributed by atoms with E-state index in [9.17, 15) is 9.59 Å². The Morgan fingerprint density at radius 1 is 1.18 bits per heavy atom. The molecule has 1 N–H and O–H groups in total. The highest BCUT2D eigenvalue weighted by Gasteiger charge is 2.32. The molecule has 1 aromatic carbocycles. The summed E-state index contributed by atoms with van der Waals surface area (Å²) in [5, 5.41) is 4.26. The molecule has 2 heterocycles. The summed E-state index contributed by atoms with van der Waals surface area (Å²) in [5.41, 5.74) is 1.46. The minimum Gasteiger partial charge on any atom is -0.342 e. The van der Waals surface area contributed by atoms with Gasteiger partial charge in [-0.15, -0.1) is 11.3 Å². The topological polar surface area (TPSA) is 62.3 Å². The SMILES string of the molecule is Cc1sc(NC(=O)C2CCN(C(=O)C(C)(C)C)CC2)nc1-c1ccc(Cl)cc1. The van der Waals surface area contributed by atoms with Crippen LogP contribution in [0.3, 0.4) is 0 Å². The molecule has 0 bridgehead atoms. The first kappa shape index (κ1) is 20.8. The average Bonchev–Trinajstić information content (AvgIpc) is 3.01. The van der Waals surface area contributed by atoms with Gasteiger partial charge in [0.2, 0.25) is 11.8 Å². The Balaban J connectivity index is 1.61. The quantitative estimate of drug-likeness (QED) is 0.761. The normalized spacial score (nSPS) is 15.5. The first-order chi connectivity index (χ1) is 13.1. The van der Waals surface area contributed by atoms with Gasteiger partial charge in [-0.3, -0.25) is 9.59 Å². The van der Waals surface area contributed by atoms with Crippen LogP contribution in [0.4, 0.5) is 5.13 Å². The van der Waals surface area contributed by atoms with Crippen LogP contribution in [0, 0.1) is 18.3 Å². The van der Waals surface area contributed by atoms with E-state index in [1.165, 1.54) is 11.3 Å². The van der Waals surface area contributed by atoms with Crippen LogP contribution in [-0.2, 0) is 9.59 Å². The van der Waals surface area contributed by atoms with Crippen molar-refractivity contribution in [2.45, 2.75) is 40.5 Å². The number of piperidine rings is 1. The fraction of sp³-hybridized carbons (Fsp3) is 0.476. The van der Waals surface area contributed by atoms with Crippen LogP contribution in [-0.4, -0.2) is 34.8 Å². The van der Waals surface area contributed by atoms with Gasteiger partial charge in [-0.05, 0) is 31.9 Å². The Bertz CT molecular complexity index is 863. The molecule has 0 aliphatic carbocycles. The van der Waals surface area contributed by atoms with Gasteiger partial charge in [0.1, 0.15) is 0 Å². The summed E-state index contributed by atoms with van der Waals surface area (Å²) >= 11 is 7.43. The maximum Gasteiger partial charge on any atom is 0.229 e. The average molecular weight is 420 g/mol. The summed E-state index contributed by atoms with van der Waals surface area (Å²) in [6.45, 7) is 9.03. The van der Waals surface area contributed by atoms with E-state index >= 15 is 0 Å². The van der Waals surface area contributed by atoms with Crippen molar-refractivity contribution in [1.29, 1.82) is 0 Å². The van der Waals surface area contributed by atoms with Gasteiger partial charge in [0.15, 0.2) is 5.13 Å². The third-order valence-corrected chi connectivity index (χ3v) is 6.08. The largest absolute Gasteiger partial charge is 0.342 e. The van der Waals surface area contributed by atoms with Crippen LogP contribution in [0.25, 0.3) is 11.3 Å². The van der Waals surface area contributed by atoms with Crippen LogP contribution in [0.2, 0.25) is 5.02 Å². The molecule has 1 aliphatic rings. The number of carbonyl (C=O) groups is 2. The highest BCUT2D eigenvalue weighted by Crippen LogP contribution is 2.32. The summed E-state index contributed by atoms with van der Waals surface area (Å²) in [7, 11) is 0. The number of nitrogens with zero attached hydrogens (tertiary/aromatic N) is 2. The summed E-state index contributed by atoms with van der Waals surface area (Å²) in [4.78, 5) is 32.6. The molecule has 1 aliphatic heterocycles. The molecule has 5 nitrogen and oxygen atoms in total. The lowest BCUT2D eigenvalue weighted by atomic mass is 9.91. The zero-order chi connectivity index (χ0) is 20.5. The van der Waals surface area contributed by atoms with E-state index in [1.54, 1.807) is 0 Å². The van der Waals surface area contributed by atoms with Gasteiger partial charge in [0, 0.05) is 39.9 Å². The second kappa shape index (κ2) is 8.21. The lowest BCUT2D eigenvalue weighted by Gasteiger charge is -2.35. The number of halogens is 1. The maximum absolute atomic E-state index is 12.7. The Hall–Kier alpha value is -1.92. The van der Waals surface area contributed by atoms with E-state index in [0.29, 0.717) is 36.1 Å². The van der Waals surface area contributed by atoms with Crippen molar-refractivity contribution < 1.29 is 9.59 Å². The number of carbonyl (C=O) groups excluding carboxylic acids is 2. The zero-order valence-electron chi connectivity index (χ0n) is 16.7. The van der Waals surface area contributed by atoms with Crippen LogP contribution in [0.1, 0.15) is 38.5 Å². The van der Waals surface area contributed by atoms with Gasteiger partial charge in [-0.2, -0.15) is 0 Å². The van der Waals surface area contributed by atoms with Crippen LogP contribution in [0.5, 0.6) is 0 Å². The number of amides is 2. The molecule has 0 saturated carbocycles. The fourth-order valence-corrected chi connectivity index (χ4v) is 4.32. The molecule has 28 heavy (non-hydrogen) atoms. The number of thiazole rings is 1. The molecule has 2 amide bonds. The predicted octanol–water partition coefficient (Wildman–Crippen LogP) is 5.00. The lowest BCUT2D eigenvalue weighted by molar-refractivity contribution is -0.142. The van der Waals surface area contributed by atoms with Gasteiger partial charge >= 0.3 is 0 Å². The highest BCUT2D eigenvalue weighted by molar-refractivity contribution is 7.16. The van der Waals surface area contributed by atoms with E-state index in [1.807, 2.05) is 56.9 Å². The number of aromatic nitrogens is 1. The standard InChI is InChI=1S/C21H26ClN3O2S/c1-13-17(14-5-7-16(22)8-6-14)23-20(28-13)24-18(26)15-9-11-25(12-10-15)19(27)21(2,3)4/h5-8,15H,9-12H2,1-4H3,(H,23,24,26). The van der Waals surface area contributed by atoms with Gasteiger partial charge < -0.3 is 10.2 Å². The van der Waals surface area contributed by atoms with Crippen molar-refractivity contribution in [3.05, 3.63) is 34.2 Å². The van der Waals surface area contributed by atoms with Crippen molar-refractivity contribution in [3.8, 4) is 11.3 Å². The fourth-order valence-electron chi connectivity index (χ4n) is 3.35. The molecular formula is C21H26ClN3O2S. The minimum absolute atomic E-state index is 0.0146. The molecule has 2 aromatic rings. The summed E-state index contributed by atoms with van der Waals surface area (Å²) in [6.07, 6.45) is 1.37. The molecule has 0 radical (unpaired) electrons. The monoisotopic (exact) mass is 419 g/mol. The number of hydrogen-bond donors (Lipinski definition) is 1. The molecule has 0 atom stereocenters. The first-order valence-corrected chi connectivity index (χ1v) is 10.7. The number of rotatable bonds is 3. The van der Waals surface area contributed by atoms with Crippen molar-refractivity contribution in [2.75, 3.05) is 18.4 Å². The second-order valence-electron chi connectivity index (χ2n) is 8.24. The molecule has 1 saturated heterocycles. The van der Waals surface area contributed by atoms with Crippen LogP contribution >= 0.6 is 22.9 Å². The maximum atomic E-state index is 12.7. The van der Waals surface area contributed by atoms with Gasteiger partial charge in [-0.25, -0.2) is 4.98 Å². The van der Waals surface area contributed by atoms with E-state index in [4.69, 9.17) is 11.6 Å². The predicted molar refractivity (Wildman–Crippen MR) is 115 cm³/mol. The Morgan fingerprint density at radius 2 is 1.79 bits per heavy atom. The molecule has 1 aromatic heterocycles. The van der Waals surface area contributed by atoms with E-state index in [0.717, 1.165) is 16.1 Å². The van der Waals surface area contributed by atoms with Gasteiger partial charge in [0.25, 0.3) is 0 Å². The Morgan fingerprint density at radius 3 is 2.36 bits per heavy atom. The molecular weight excluding hydrogens is 394 g/mol. The minimum atomic E-state index is -0.383. The van der Waals surface area contributed by atoms with Crippen molar-refractivity contribution in [2.24, 2.45) is 11.3 Å². The molecule has 0 spiro atoms. The van der Waals surface area contributed by atoms with Crippen LogP contribution < -0.4 is 5.32 Å². The van der Waals surface area contributed by atoms with Gasteiger partial charge in [0.05, 0.1) is 5.69 Å². The summed E-state index contributed by atoms with van der Waals surface area (Å²) in [5.74, 6) is 0.0426. The Kier molecular flexibility index (Phi) is 6.10. The zero-order valence-corrected chi connectivity index (χ0v) is 18.3. The summed E-state index contributed by atoms with van der Waals surface area (Å²) in [6, 6.07) is 7.52. The van der Waals surface area contributed by atoms with Crippen LogP contribution in [0.15, 0.2) is 24.3 Å². The summed E-state index contributed by atoms with van der Waals surface area (Å²) < 4.78 is 0. The smallest absolute Gasteiger partial charge is 0.229 e. The molecule has 0 unspecified atom stereocenters. The first-order valence-electron chi connectivity index (χ1n) is 9.49. The number of likely N-dealkylation sites (tertiary alicyclic amines) is 1. The lowest BCUT2D eigenvalue weighted by Crippen LogP contribution is -2.45. The Labute approximate surface area is 175 Å². The van der Waals surface area contributed by atoms with E-state index in [2.05, 4.69) is 10.3 Å². The van der Waals surface area contributed by atoms with Gasteiger partial charge in [-0.1, -0.05) is 44.5 Å². The van der Waals surface area contributed by atoms with E-state index in [-0.39, 0.29) is 23.1 Å². The highest BCUT2D eigenvalue weighted by atomic mass is 35.5. The number of aryl methyl sites for hydroxylation is 1. The number of nitrogens with one attached hydrogen (secondary N) is 1. The molecule has 150 valence electrons. The van der Waals surface area contributed by atoms with Crippen molar-refractivity contribution in [1.82, 2.24) is 9.88 Å². The third-order valence-electron chi connectivity index (χ3n) is 4.94. The number of benzene rings is 1. The molecule has 1 fully saturated rings.